The summed E-state index contributed by atoms with van der Waals surface area (Å²) in [4.78, 5) is 20.2. The highest BCUT2D eigenvalue weighted by molar-refractivity contribution is 6.30. The Bertz CT molecular complexity index is 1090. The Hall–Kier alpha value is -2.99. The zero-order valence-electron chi connectivity index (χ0n) is 13.1. The molecule has 0 amide bonds. The van der Waals surface area contributed by atoms with Crippen LogP contribution in [0.5, 0.6) is 0 Å². The number of carboxylic acid groups (broad SMARTS) is 1. The van der Waals surface area contributed by atoms with Crippen molar-refractivity contribution in [2.45, 2.75) is 12.8 Å². The van der Waals surface area contributed by atoms with Crippen LogP contribution in [-0.4, -0.2) is 30.7 Å². The zero-order valence-corrected chi connectivity index (χ0v) is 13.8. The van der Waals surface area contributed by atoms with Crippen molar-refractivity contribution in [1.29, 1.82) is 0 Å². The smallest absolute Gasteiger partial charge is 0.303 e. The van der Waals surface area contributed by atoms with Crippen molar-refractivity contribution >= 4 is 34.1 Å². The maximum absolute atomic E-state index is 10.9. The number of hydrogen-bond acceptors (Lipinski definition) is 4. The largest absolute Gasteiger partial charge is 0.481 e. The van der Waals surface area contributed by atoms with Gasteiger partial charge in [0.05, 0.1) is 11.9 Å². The molecule has 0 saturated carbocycles. The predicted octanol–water partition coefficient (Wildman–Crippen LogP) is 3.62. The zero-order chi connectivity index (χ0) is 17.4. The first kappa shape index (κ1) is 15.5. The summed E-state index contributed by atoms with van der Waals surface area (Å²) in [6.07, 6.45) is 0.261. The highest BCUT2D eigenvalue weighted by atomic mass is 35.5. The molecule has 1 N–H and O–H groups in total. The molecule has 4 aromatic rings. The minimum absolute atomic E-state index is 0.0173. The van der Waals surface area contributed by atoms with Crippen LogP contribution in [-0.2, 0) is 11.2 Å². The molecule has 0 radical (unpaired) electrons. The maximum atomic E-state index is 10.9. The molecule has 0 aliphatic rings. The molecule has 25 heavy (non-hydrogen) atoms. The fourth-order valence-corrected chi connectivity index (χ4v) is 2.84. The van der Waals surface area contributed by atoms with Crippen molar-refractivity contribution in [3.8, 4) is 11.4 Å². The molecule has 2 heterocycles. The molecule has 0 spiro atoms. The number of aromatic nitrogens is 4. The van der Waals surface area contributed by atoms with E-state index in [-0.39, 0.29) is 12.8 Å². The SMILES string of the molecule is O=C(O)CCc1nc2ccccc2c2nc(-c3ccc(Cl)cc3)nn12. The summed E-state index contributed by atoms with van der Waals surface area (Å²) >= 11 is 5.94. The van der Waals surface area contributed by atoms with Crippen LogP contribution in [0.15, 0.2) is 48.5 Å². The van der Waals surface area contributed by atoms with Crippen LogP contribution in [0, 0.1) is 0 Å². The van der Waals surface area contributed by atoms with E-state index in [1.807, 2.05) is 36.4 Å². The normalized spacial score (nSPS) is 11.2. The Morgan fingerprint density at radius 2 is 1.84 bits per heavy atom. The summed E-state index contributed by atoms with van der Waals surface area (Å²) in [5.41, 5.74) is 2.27. The summed E-state index contributed by atoms with van der Waals surface area (Å²) < 4.78 is 1.63. The van der Waals surface area contributed by atoms with Crippen LogP contribution in [0.4, 0.5) is 0 Å². The van der Waals surface area contributed by atoms with Crippen LogP contribution in [0.1, 0.15) is 12.2 Å². The molecule has 6 nitrogen and oxygen atoms in total. The number of aliphatic carboxylic acids is 1. The molecule has 0 aliphatic heterocycles. The number of aryl methyl sites for hydroxylation is 1. The summed E-state index contributed by atoms with van der Waals surface area (Å²) in [6.45, 7) is 0. The Labute approximate surface area is 147 Å². The molecule has 2 aromatic carbocycles. The topological polar surface area (TPSA) is 80.4 Å². The van der Waals surface area contributed by atoms with Gasteiger partial charge < -0.3 is 5.11 Å². The molecule has 0 saturated heterocycles. The Morgan fingerprint density at radius 3 is 2.60 bits per heavy atom. The molecule has 0 atom stereocenters. The van der Waals surface area contributed by atoms with E-state index in [1.54, 1.807) is 16.6 Å². The fraction of sp³-hybridized carbons (Fsp3) is 0.111. The van der Waals surface area contributed by atoms with Crippen LogP contribution >= 0.6 is 11.6 Å². The van der Waals surface area contributed by atoms with Crippen LogP contribution < -0.4 is 0 Å². The van der Waals surface area contributed by atoms with E-state index in [4.69, 9.17) is 16.7 Å². The van der Waals surface area contributed by atoms with Crippen molar-refractivity contribution in [3.05, 3.63) is 59.4 Å². The molecule has 7 heteroatoms. The maximum Gasteiger partial charge on any atom is 0.303 e. The second-order valence-electron chi connectivity index (χ2n) is 5.62. The van der Waals surface area contributed by atoms with Crippen molar-refractivity contribution in [1.82, 2.24) is 19.6 Å². The number of para-hydroxylation sites is 1. The predicted molar refractivity (Wildman–Crippen MR) is 94.7 cm³/mol. The molecular weight excluding hydrogens is 340 g/mol. The van der Waals surface area contributed by atoms with Crippen LogP contribution in [0.25, 0.3) is 27.9 Å². The average molecular weight is 353 g/mol. The number of carboxylic acids is 1. The summed E-state index contributed by atoms with van der Waals surface area (Å²) in [7, 11) is 0. The van der Waals surface area contributed by atoms with E-state index >= 15 is 0 Å². The lowest BCUT2D eigenvalue weighted by Gasteiger charge is -2.05. The number of halogens is 1. The average Bonchev–Trinajstić information content (AvgIpc) is 3.06. The summed E-state index contributed by atoms with van der Waals surface area (Å²) in [6, 6.07) is 14.9. The summed E-state index contributed by atoms with van der Waals surface area (Å²) in [5.74, 6) is 0.247. The number of carbonyl (C=O) groups is 1. The van der Waals surface area contributed by atoms with Gasteiger partial charge in [0.1, 0.15) is 5.82 Å². The van der Waals surface area contributed by atoms with Gasteiger partial charge in [-0.15, -0.1) is 5.10 Å². The number of hydrogen-bond donors (Lipinski definition) is 1. The third-order valence-corrected chi connectivity index (χ3v) is 4.16. The monoisotopic (exact) mass is 352 g/mol. The number of nitrogens with zero attached hydrogens (tertiary/aromatic N) is 4. The quantitative estimate of drug-likeness (QED) is 0.606. The van der Waals surface area contributed by atoms with Gasteiger partial charge in [-0.25, -0.2) is 9.97 Å². The first-order valence-electron chi connectivity index (χ1n) is 7.74. The first-order chi connectivity index (χ1) is 12.1. The molecule has 0 bridgehead atoms. The summed E-state index contributed by atoms with van der Waals surface area (Å²) in [5, 5.41) is 15.0. The Morgan fingerprint density at radius 1 is 1.08 bits per heavy atom. The van der Waals surface area contributed by atoms with Gasteiger partial charge >= 0.3 is 5.97 Å². The van der Waals surface area contributed by atoms with E-state index in [9.17, 15) is 4.79 Å². The highest BCUT2D eigenvalue weighted by Gasteiger charge is 2.15. The molecule has 0 unspecified atom stereocenters. The minimum atomic E-state index is -0.874. The van der Waals surface area contributed by atoms with Gasteiger partial charge in [-0.05, 0) is 36.4 Å². The highest BCUT2D eigenvalue weighted by Crippen LogP contribution is 2.23. The van der Waals surface area contributed by atoms with Crippen molar-refractivity contribution in [2.24, 2.45) is 0 Å². The Balaban J connectivity index is 1.93. The van der Waals surface area contributed by atoms with Gasteiger partial charge in [-0.1, -0.05) is 23.7 Å². The first-order valence-corrected chi connectivity index (χ1v) is 8.12. The van der Waals surface area contributed by atoms with Gasteiger partial charge in [0.25, 0.3) is 0 Å². The van der Waals surface area contributed by atoms with Gasteiger partial charge in [-0.2, -0.15) is 4.52 Å². The lowest BCUT2D eigenvalue weighted by atomic mass is 10.2. The van der Waals surface area contributed by atoms with Crippen LogP contribution in [0.3, 0.4) is 0 Å². The van der Waals surface area contributed by atoms with E-state index in [1.165, 1.54) is 0 Å². The second-order valence-corrected chi connectivity index (χ2v) is 6.05. The molecule has 2 aromatic heterocycles. The molecule has 124 valence electrons. The number of rotatable bonds is 4. The second kappa shape index (κ2) is 6.14. The van der Waals surface area contributed by atoms with Gasteiger partial charge in [0.2, 0.25) is 0 Å². The molecule has 4 rings (SSSR count). The molecular formula is C18H13ClN4O2. The van der Waals surface area contributed by atoms with Crippen LogP contribution in [0.2, 0.25) is 5.02 Å². The van der Waals surface area contributed by atoms with E-state index < -0.39 is 5.97 Å². The lowest BCUT2D eigenvalue weighted by Crippen LogP contribution is -2.07. The number of benzene rings is 2. The van der Waals surface area contributed by atoms with Crippen molar-refractivity contribution in [3.63, 3.8) is 0 Å². The third-order valence-electron chi connectivity index (χ3n) is 3.91. The van der Waals surface area contributed by atoms with Crippen molar-refractivity contribution < 1.29 is 9.90 Å². The van der Waals surface area contributed by atoms with Crippen molar-refractivity contribution in [2.75, 3.05) is 0 Å². The van der Waals surface area contributed by atoms with E-state index in [0.29, 0.717) is 22.3 Å². The molecule has 0 aliphatic carbocycles. The Kier molecular flexibility index (Phi) is 3.82. The lowest BCUT2D eigenvalue weighted by molar-refractivity contribution is -0.137. The number of fused-ring (bicyclic) bond motifs is 3. The molecule has 0 fully saturated rings. The van der Waals surface area contributed by atoms with E-state index in [0.717, 1.165) is 16.5 Å². The third kappa shape index (κ3) is 2.92. The minimum Gasteiger partial charge on any atom is -0.481 e. The van der Waals surface area contributed by atoms with Gasteiger partial charge in [-0.3, -0.25) is 4.79 Å². The van der Waals surface area contributed by atoms with Gasteiger partial charge in [0.15, 0.2) is 11.5 Å². The standard InChI is InChI=1S/C18H13ClN4O2/c19-12-7-5-11(6-8-12)17-21-18-13-3-1-2-4-14(13)20-15(23(18)22-17)9-10-16(24)25/h1-8H,9-10H2,(H,24,25). The van der Waals surface area contributed by atoms with E-state index in [2.05, 4.69) is 15.1 Å². The van der Waals surface area contributed by atoms with Gasteiger partial charge in [0, 0.05) is 22.4 Å². The fourth-order valence-electron chi connectivity index (χ4n) is 2.71.